The number of rotatable bonds is 5. The molecule has 1 aromatic rings. The second kappa shape index (κ2) is 5.98. The Labute approximate surface area is 105 Å². The smallest absolute Gasteiger partial charge is 0.292 e. The fourth-order valence-electron chi connectivity index (χ4n) is 1.15. The van der Waals surface area contributed by atoms with Crippen LogP contribution in [0.3, 0.4) is 0 Å². The molecule has 0 aliphatic heterocycles. The lowest BCUT2D eigenvalue weighted by molar-refractivity contribution is -0.385. The molecule has 0 atom stereocenters. The molecule has 0 fully saturated rings. The van der Waals surface area contributed by atoms with Gasteiger partial charge in [-0.2, -0.15) is 18.7 Å². The van der Waals surface area contributed by atoms with Crippen molar-refractivity contribution in [3.05, 3.63) is 38.9 Å². The molecule has 1 rings (SSSR count). The molecule has 1 aromatic carbocycles. The molecule has 0 spiro atoms. The molecule has 0 saturated heterocycles. The van der Waals surface area contributed by atoms with Crippen LogP contribution in [-0.2, 0) is 11.4 Å². The number of alkyl halides is 3. The van der Waals surface area contributed by atoms with Crippen LogP contribution < -0.4 is 5.48 Å². The molecule has 100 valence electrons. The molecule has 0 aliphatic carbocycles. The average molecular weight is 285 g/mol. The van der Waals surface area contributed by atoms with Crippen LogP contribution in [-0.4, -0.2) is 17.7 Å². The summed E-state index contributed by atoms with van der Waals surface area (Å²) in [6, 6.07) is 3.97. The molecule has 0 bridgehead atoms. The van der Waals surface area contributed by atoms with E-state index in [9.17, 15) is 23.3 Å². The molecule has 0 heterocycles. The van der Waals surface area contributed by atoms with Crippen molar-refractivity contribution in [2.45, 2.75) is 12.7 Å². The maximum absolute atomic E-state index is 11.8. The first kappa shape index (κ1) is 14.7. The minimum Gasteiger partial charge on any atom is -0.292 e. The number of hydroxylamine groups is 1. The van der Waals surface area contributed by atoms with E-state index in [4.69, 9.17) is 11.6 Å². The van der Waals surface area contributed by atoms with Gasteiger partial charge in [0.2, 0.25) is 0 Å². The van der Waals surface area contributed by atoms with Gasteiger partial charge < -0.3 is 0 Å². The van der Waals surface area contributed by atoms with Crippen LogP contribution in [0.2, 0.25) is 5.02 Å². The summed E-state index contributed by atoms with van der Waals surface area (Å²) in [6.45, 7) is -1.79. The van der Waals surface area contributed by atoms with Crippen LogP contribution >= 0.6 is 11.6 Å². The van der Waals surface area contributed by atoms with E-state index in [1.54, 1.807) is 0 Å². The van der Waals surface area contributed by atoms with E-state index in [2.05, 4.69) is 4.84 Å². The van der Waals surface area contributed by atoms with Crippen LogP contribution in [0.25, 0.3) is 0 Å². The molecular formula is C9H8ClF3N2O3. The van der Waals surface area contributed by atoms with Crippen molar-refractivity contribution in [1.29, 1.82) is 0 Å². The van der Waals surface area contributed by atoms with Crippen molar-refractivity contribution < 1.29 is 22.9 Å². The van der Waals surface area contributed by atoms with Crippen LogP contribution in [0.15, 0.2) is 18.2 Å². The number of halogens is 4. The maximum Gasteiger partial charge on any atom is 0.413 e. The molecule has 0 radical (unpaired) electrons. The van der Waals surface area contributed by atoms with Crippen molar-refractivity contribution in [3.63, 3.8) is 0 Å². The van der Waals surface area contributed by atoms with Gasteiger partial charge in [-0.15, -0.1) is 0 Å². The minimum absolute atomic E-state index is 0.0614. The van der Waals surface area contributed by atoms with Gasteiger partial charge in [0.15, 0.2) is 6.61 Å². The molecule has 0 aliphatic rings. The lowest BCUT2D eigenvalue weighted by Crippen LogP contribution is -2.24. The van der Waals surface area contributed by atoms with E-state index in [1.165, 1.54) is 18.2 Å². The monoisotopic (exact) mass is 284 g/mol. The van der Waals surface area contributed by atoms with Crippen molar-refractivity contribution in [3.8, 4) is 0 Å². The normalized spacial score (nSPS) is 11.6. The Morgan fingerprint density at radius 1 is 1.44 bits per heavy atom. The van der Waals surface area contributed by atoms with Crippen molar-refractivity contribution in [2.24, 2.45) is 0 Å². The molecule has 0 unspecified atom stereocenters. The van der Waals surface area contributed by atoms with Crippen molar-refractivity contribution in [1.82, 2.24) is 5.48 Å². The van der Waals surface area contributed by atoms with Crippen LogP contribution in [0.4, 0.5) is 18.9 Å². The first-order valence-electron chi connectivity index (χ1n) is 4.64. The zero-order chi connectivity index (χ0) is 13.8. The number of hydrogen-bond donors (Lipinski definition) is 1. The fraction of sp³-hybridized carbons (Fsp3) is 0.333. The van der Waals surface area contributed by atoms with E-state index >= 15 is 0 Å². The molecule has 5 nitrogen and oxygen atoms in total. The Kier molecular flexibility index (Phi) is 4.88. The Hall–Kier alpha value is -1.38. The fourth-order valence-corrected chi connectivity index (χ4v) is 1.39. The number of nitro benzene ring substituents is 1. The van der Waals surface area contributed by atoms with Gasteiger partial charge in [-0.05, 0) is 6.07 Å². The highest BCUT2D eigenvalue weighted by Crippen LogP contribution is 2.26. The van der Waals surface area contributed by atoms with Crippen molar-refractivity contribution in [2.75, 3.05) is 6.61 Å². The number of hydrogen-bond acceptors (Lipinski definition) is 4. The Balaban J connectivity index is 2.64. The number of nitrogens with one attached hydrogen (secondary N) is 1. The summed E-state index contributed by atoms with van der Waals surface area (Å²) >= 11 is 5.72. The summed E-state index contributed by atoms with van der Waals surface area (Å²) in [5.41, 5.74) is 1.76. The maximum atomic E-state index is 11.8. The predicted octanol–water partition coefficient (Wildman–Crippen LogP) is 2.83. The van der Waals surface area contributed by atoms with Crippen LogP contribution in [0.1, 0.15) is 5.56 Å². The highest BCUT2D eigenvalue weighted by Gasteiger charge is 2.28. The summed E-state index contributed by atoms with van der Waals surface area (Å²) in [4.78, 5) is 14.1. The molecule has 1 N–H and O–H groups in total. The third kappa shape index (κ3) is 4.47. The lowest BCUT2D eigenvalue weighted by Gasteiger charge is -2.09. The third-order valence-electron chi connectivity index (χ3n) is 1.88. The molecule has 0 saturated carbocycles. The molecular weight excluding hydrogens is 277 g/mol. The zero-order valence-electron chi connectivity index (χ0n) is 8.83. The van der Waals surface area contributed by atoms with E-state index in [0.717, 1.165) is 0 Å². The van der Waals surface area contributed by atoms with E-state index in [1.807, 2.05) is 5.48 Å². The summed E-state index contributed by atoms with van der Waals surface area (Å²) in [5, 5.41) is 10.7. The number of benzene rings is 1. The van der Waals surface area contributed by atoms with Gasteiger partial charge in [0.25, 0.3) is 5.69 Å². The summed E-state index contributed by atoms with van der Waals surface area (Å²) in [5.74, 6) is 0. The van der Waals surface area contributed by atoms with Crippen molar-refractivity contribution >= 4 is 17.3 Å². The van der Waals surface area contributed by atoms with Gasteiger partial charge in [-0.25, -0.2) is 0 Å². The van der Waals surface area contributed by atoms with E-state index < -0.39 is 17.7 Å². The lowest BCUT2D eigenvalue weighted by atomic mass is 10.2. The SMILES string of the molecule is O=[N+]([O-])c1cccc(Cl)c1CNOCC(F)(F)F. The largest absolute Gasteiger partial charge is 0.413 e. The Bertz CT molecular complexity index is 440. The molecule has 9 heteroatoms. The van der Waals surface area contributed by atoms with Gasteiger partial charge in [0.1, 0.15) is 0 Å². The van der Waals surface area contributed by atoms with Gasteiger partial charge in [-0.3, -0.25) is 15.0 Å². The summed E-state index contributed by atoms with van der Waals surface area (Å²) < 4.78 is 35.3. The zero-order valence-corrected chi connectivity index (χ0v) is 9.59. The van der Waals surface area contributed by atoms with Gasteiger partial charge in [0.05, 0.1) is 22.1 Å². The van der Waals surface area contributed by atoms with Crippen LogP contribution in [0, 0.1) is 10.1 Å². The second-order valence-corrected chi connectivity index (χ2v) is 3.63. The Morgan fingerprint density at radius 2 is 2.11 bits per heavy atom. The third-order valence-corrected chi connectivity index (χ3v) is 2.23. The van der Waals surface area contributed by atoms with Gasteiger partial charge in [-0.1, -0.05) is 17.7 Å². The summed E-state index contributed by atoms with van der Waals surface area (Å²) in [6.07, 6.45) is -4.47. The predicted molar refractivity (Wildman–Crippen MR) is 57.0 cm³/mol. The van der Waals surface area contributed by atoms with Gasteiger partial charge in [0, 0.05) is 6.07 Å². The topological polar surface area (TPSA) is 64.4 Å². The average Bonchev–Trinajstić information content (AvgIpc) is 2.24. The van der Waals surface area contributed by atoms with Crippen LogP contribution in [0.5, 0.6) is 0 Å². The quantitative estimate of drug-likeness (QED) is 0.513. The number of nitrogens with zero attached hydrogens (tertiary/aromatic N) is 1. The molecule has 18 heavy (non-hydrogen) atoms. The second-order valence-electron chi connectivity index (χ2n) is 3.22. The minimum atomic E-state index is -4.47. The standard InChI is InChI=1S/C9H8ClF3N2O3/c10-7-2-1-3-8(15(16)17)6(7)4-14-18-5-9(11,12)13/h1-3,14H,4-5H2. The van der Waals surface area contributed by atoms with E-state index in [0.29, 0.717) is 0 Å². The molecule has 0 aromatic heterocycles. The number of nitro groups is 1. The van der Waals surface area contributed by atoms with Gasteiger partial charge >= 0.3 is 6.18 Å². The Morgan fingerprint density at radius 3 is 2.67 bits per heavy atom. The summed E-state index contributed by atoms with van der Waals surface area (Å²) in [7, 11) is 0. The van der Waals surface area contributed by atoms with E-state index in [-0.39, 0.29) is 22.8 Å². The first-order chi connectivity index (χ1) is 8.31. The molecule has 0 amide bonds. The first-order valence-corrected chi connectivity index (χ1v) is 5.02. The highest BCUT2D eigenvalue weighted by atomic mass is 35.5. The highest BCUT2D eigenvalue weighted by molar-refractivity contribution is 6.31.